The molecule has 4 heterocycles. The van der Waals surface area contributed by atoms with Crippen molar-refractivity contribution in [2.24, 2.45) is 0 Å². The third kappa shape index (κ3) is 3.57. The molecule has 0 aliphatic carbocycles. The maximum absolute atomic E-state index is 12.4. The highest BCUT2D eigenvalue weighted by Gasteiger charge is 2.41. The van der Waals surface area contributed by atoms with Crippen LogP contribution in [0.1, 0.15) is 30.7 Å². The molecule has 1 amide bonds. The summed E-state index contributed by atoms with van der Waals surface area (Å²) in [5.74, 6) is 0.745. The van der Waals surface area contributed by atoms with Gasteiger partial charge < -0.3 is 14.6 Å². The number of pyridine rings is 1. The largest absolute Gasteiger partial charge is 0.363 e. The summed E-state index contributed by atoms with van der Waals surface area (Å²) in [6.45, 7) is 3.63. The lowest BCUT2D eigenvalue weighted by molar-refractivity contribution is -0.138. The van der Waals surface area contributed by atoms with Gasteiger partial charge in [0.25, 0.3) is 5.91 Å². The van der Waals surface area contributed by atoms with E-state index < -0.39 is 6.10 Å². The van der Waals surface area contributed by atoms with Crippen molar-refractivity contribution in [1.82, 2.24) is 15.0 Å². The molecule has 2 aliphatic heterocycles. The molecule has 0 unspecified atom stereocenters. The van der Waals surface area contributed by atoms with Gasteiger partial charge in [-0.1, -0.05) is 5.16 Å². The minimum Gasteiger partial charge on any atom is -0.363 e. The summed E-state index contributed by atoms with van der Waals surface area (Å²) in [4.78, 5) is 18.8. The fourth-order valence-electron chi connectivity index (χ4n) is 3.76. The normalized spacial score (nSPS) is 26.4. The number of rotatable bonds is 4. The van der Waals surface area contributed by atoms with Crippen LogP contribution in [0, 0.1) is 6.92 Å². The smallest absolute Gasteiger partial charge is 0.253 e. The lowest BCUT2D eigenvalue weighted by atomic mass is 9.98. The van der Waals surface area contributed by atoms with Crippen molar-refractivity contribution in [2.45, 2.75) is 51.0 Å². The van der Waals surface area contributed by atoms with Gasteiger partial charge >= 0.3 is 0 Å². The number of nitrogens with one attached hydrogen (secondary N) is 1. The van der Waals surface area contributed by atoms with E-state index in [1.165, 1.54) is 0 Å². The third-order valence-electron chi connectivity index (χ3n) is 4.93. The summed E-state index contributed by atoms with van der Waals surface area (Å²) in [6, 6.07) is 5.95. The highest BCUT2D eigenvalue weighted by Crippen LogP contribution is 2.32. The molecule has 0 saturated carbocycles. The number of fused-ring (bicyclic) bond motifs is 1. The molecule has 0 radical (unpaired) electrons. The van der Waals surface area contributed by atoms with E-state index in [-0.39, 0.29) is 12.0 Å². The van der Waals surface area contributed by atoms with Gasteiger partial charge in [0.1, 0.15) is 11.9 Å². The molecule has 1 N–H and O–H groups in total. The van der Waals surface area contributed by atoms with Crippen LogP contribution in [0.5, 0.6) is 0 Å². The molecule has 7 heteroatoms. The lowest BCUT2D eigenvalue weighted by Gasteiger charge is -2.35. The van der Waals surface area contributed by atoms with Crippen LogP contribution >= 0.6 is 0 Å². The molecule has 0 spiro atoms. The molecule has 2 aromatic heterocycles. The van der Waals surface area contributed by atoms with Crippen LogP contribution < -0.4 is 5.32 Å². The van der Waals surface area contributed by atoms with Crippen LogP contribution in [0.25, 0.3) is 0 Å². The van der Waals surface area contributed by atoms with Crippen molar-refractivity contribution in [1.29, 1.82) is 0 Å². The number of carbonyl (C=O) groups is 1. The number of hydrogen-bond acceptors (Lipinski definition) is 6. The van der Waals surface area contributed by atoms with Crippen LogP contribution in [-0.2, 0) is 16.1 Å². The zero-order valence-electron chi connectivity index (χ0n) is 14.2. The van der Waals surface area contributed by atoms with E-state index >= 15 is 0 Å². The van der Waals surface area contributed by atoms with Gasteiger partial charge in [0.2, 0.25) is 0 Å². The Kier molecular flexibility index (Phi) is 4.50. The summed E-state index contributed by atoms with van der Waals surface area (Å²) < 4.78 is 11.2. The van der Waals surface area contributed by atoms with E-state index in [9.17, 15) is 4.79 Å². The Morgan fingerprint density at radius 2 is 2.32 bits per heavy atom. The molecule has 25 heavy (non-hydrogen) atoms. The number of aromatic nitrogens is 2. The summed E-state index contributed by atoms with van der Waals surface area (Å²) in [5, 5.41) is 6.96. The number of likely N-dealkylation sites (tertiary alicyclic amines) is 1. The highest BCUT2D eigenvalue weighted by atomic mass is 16.5. The molecule has 2 aromatic rings. The monoisotopic (exact) mass is 342 g/mol. The van der Waals surface area contributed by atoms with E-state index in [2.05, 4.69) is 20.4 Å². The first-order valence-electron chi connectivity index (χ1n) is 8.71. The summed E-state index contributed by atoms with van der Waals surface area (Å²) in [6.07, 6.45) is 5.65. The van der Waals surface area contributed by atoms with Gasteiger partial charge in [0.05, 0.1) is 23.7 Å². The van der Waals surface area contributed by atoms with Gasteiger partial charge in [-0.05, 0) is 38.3 Å². The number of anilines is 1. The van der Waals surface area contributed by atoms with Crippen molar-refractivity contribution < 1.29 is 14.1 Å². The molecule has 3 atom stereocenters. The average molecular weight is 342 g/mol. The summed E-state index contributed by atoms with van der Waals surface area (Å²) >= 11 is 0. The van der Waals surface area contributed by atoms with E-state index in [0.717, 1.165) is 43.8 Å². The Bertz CT molecular complexity index is 733. The predicted molar refractivity (Wildman–Crippen MR) is 90.8 cm³/mol. The predicted octanol–water partition coefficient (Wildman–Crippen LogP) is 2.14. The topological polar surface area (TPSA) is 80.5 Å². The first-order valence-corrected chi connectivity index (χ1v) is 8.71. The zero-order valence-corrected chi connectivity index (χ0v) is 14.2. The molecule has 2 saturated heterocycles. The number of hydrogen-bond donors (Lipinski definition) is 1. The number of ether oxygens (including phenoxy) is 1. The van der Waals surface area contributed by atoms with Gasteiger partial charge in [0.15, 0.2) is 0 Å². The number of aryl methyl sites for hydroxylation is 1. The molecule has 4 rings (SSSR count). The fraction of sp³-hybridized carbons (Fsp3) is 0.500. The summed E-state index contributed by atoms with van der Waals surface area (Å²) in [5.41, 5.74) is 1.65. The zero-order chi connectivity index (χ0) is 17.2. The molecular formula is C18H22N4O3. The molecule has 7 nitrogen and oxygen atoms in total. The van der Waals surface area contributed by atoms with Crippen molar-refractivity contribution in [3.8, 4) is 0 Å². The summed E-state index contributed by atoms with van der Waals surface area (Å²) in [7, 11) is 0. The number of carbonyl (C=O) groups excluding carboxylic acids is 1. The third-order valence-corrected chi connectivity index (χ3v) is 4.93. The van der Waals surface area contributed by atoms with E-state index in [1.54, 1.807) is 18.5 Å². The molecular weight excluding hydrogens is 320 g/mol. The van der Waals surface area contributed by atoms with Gasteiger partial charge in [0, 0.05) is 31.4 Å². The van der Waals surface area contributed by atoms with Gasteiger partial charge in [-0.2, -0.15) is 0 Å². The first-order chi connectivity index (χ1) is 12.2. The van der Waals surface area contributed by atoms with Crippen LogP contribution in [0.15, 0.2) is 35.1 Å². The Hall–Kier alpha value is -2.25. The standard InChI is InChI=1S/C18H22N4O3/c1-12-9-14(21-25-12)11-22-8-6-16-15(22)4-5-17(24-16)18(23)20-13-3-2-7-19-10-13/h2-3,7,9-10,15-17H,4-6,8,11H2,1H3,(H,20,23)/t15-,16-,17+/m0/s1. The quantitative estimate of drug-likeness (QED) is 0.917. The van der Waals surface area contributed by atoms with Crippen LogP contribution in [0.3, 0.4) is 0 Å². The number of nitrogens with zero attached hydrogens (tertiary/aromatic N) is 3. The molecule has 2 aliphatic rings. The maximum Gasteiger partial charge on any atom is 0.253 e. The molecule has 0 bridgehead atoms. The molecule has 2 fully saturated rings. The second-order valence-corrected chi connectivity index (χ2v) is 6.73. The van der Waals surface area contributed by atoms with Crippen LogP contribution in [0.4, 0.5) is 5.69 Å². The van der Waals surface area contributed by atoms with Gasteiger partial charge in [-0.15, -0.1) is 0 Å². The minimum atomic E-state index is -0.393. The Balaban J connectivity index is 1.34. The second-order valence-electron chi connectivity index (χ2n) is 6.73. The Morgan fingerprint density at radius 1 is 1.40 bits per heavy atom. The van der Waals surface area contributed by atoms with E-state index in [1.807, 2.05) is 19.1 Å². The first kappa shape index (κ1) is 16.2. The van der Waals surface area contributed by atoms with Crippen molar-refractivity contribution in [3.63, 3.8) is 0 Å². The SMILES string of the molecule is Cc1cc(CN2CC[C@@H]3O[C@@H](C(=O)Nc4cccnc4)CC[C@@H]32)no1. The van der Waals surface area contributed by atoms with Crippen molar-refractivity contribution in [2.75, 3.05) is 11.9 Å². The van der Waals surface area contributed by atoms with E-state index in [0.29, 0.717) is 11.7 Å². The maximum atomic E-state index is 12.4. The minimum absolute atomic E-state index is 0.0861. The molecule has 132 valence electrons. The fourth-order valence-corrected chi connectivity index (χ4v) is 3.76. The van der Waals surface area contributed by atoms with Crippen LogP contribution in [-0.4, -0.2) is 45.7 Å². The van der Waals surface area contributed by atoms with Crippen molar-refractivity contribution >= 4 is 11.6 Å². The van der Waals surface area contributed by atoms with Crippen LogP contribution in [0.2, 0.25) is 0 Å². The van der Waals surface area contributed by atoms with Crippen molar-refractivity contribution in [3.05, 3.63) is 42.0 Å². The van der Waals surface area contributed by atoms with Gasteiger partial charge in [-0.25, -0.2) is 0 Å². The second kappa shape index (κ2) is 6.93. The van der Waals surface area contributed by atoms with Gasteiger partial charge in [-0.3, -0.25) is 14.7 Å². The number of amides is 1. The Labute approximate surface area is 146 Å². The highest BCUT2D eigenvalue weighted by molar-refractivity contribution is 5.94. The Morgan fingerprint density at radius 3 is 3.08 bits per heavy atom. The van der Waals surface area contributed by atoms with E-state index in [4.69, 9.17) is 9.26 Å². The lowest BCUT2D eigenvalue weighted by Crippen LogP contribution is -2.46. The molecule has 0 aromatic carbocycles. The average Bonchev–Trinajstić information content (AvgIpc) is 3.22.